The molecule has 3 rings (SSSR count). The van der Waals surface area contributed by atoms with Gasteiger partial charge in [0.1, 0.15) is 0 Å². The Kier molecular flexibility index (Phi) is 4.82. The van der Waals surface area contributed by atoms with Crippen molar-refractivity contribution < 1.29 is 9.47 Å². The van der Waals surface area contributed by atoms with Gasteiger partial charge in [-0.1, -0.05) is 72.8 Å². The minimum atomic E-state index is 0.158. The third-order valence-electron chi connectivity index (χ3n) is 3.62. The Morgan fingerprint density at radius 2 is 1.10 bits per heavy atom. The molecule has 1 aliphatic carbocycles. The molecule has 2 nitrogen and oxygen atoms in total. The Morgan fingerprint density at radius 3 is 1.52 bits per heavy atom. The molecule has 2 atom stereocenters. The maximum atomic E-state index is 5.90. The van der Waals surface area contributed by atoms with Crippen LogP contribution in [0.15, 0.2) is 72.8 Å². The zero-order chi connectivity index (χ0) is 14.3. The van der Waals surface area contributed by atoms with Crippen molar-refractivity contribution in [3.05, 3.63) is 83.9 Å². The van der Waals surface area contributed by atoms with Crippen molar-refractivity contribution in [1.82, 2.24) is 0 Å². The average Bonchev–Trinajstić information content (AvgIpc) is 3.01. The zero-order valence-corrected chi connectivity index (χ0v) is 12.0. The molecular weight excluding hydrogens is 260 g/mol. The van der Waals surface area contributed by atoms with Gasteiger partial charge in [0, 0.05) is 6.42 Å². The summed E-state index contributed by atoms with van der Waals surface area (Å²) in [5, 5.41) is 0. The lowest BCUT2D eigenvalue weighted by Gasteiger charge is -2.14. The highest BCUT2D eigenvalue weighted by molar-refractivity contribution is 5.15. The van der Waals surface area contributed by atoms with Gasteiger partial charge in [-0.05, 0) is 11.1 Å². The SMILES string of the molecule is C1=C[C@H](OCc2ccccc2)C[C@@H]1OCc1ccccc1. The number of rotatable bonds is 6. The van der Waals surface area contributed by atoms with E-state index in [1.165, 1.54) is 11.1 Å². The molecule has 2 aromatic rings. The van der Waals surface area contributed by atoms with Gasteiger partial charge >= 0.3 is 0 Å². The lowest BCUT2D eigenvalue weighted by atomic mass is 10.2. The van der Waals surface area contributed by atoms with E-state index in [1.54, 1.807) is 0 Å². The van der Waals surface area contributed by atoms with E-state index in [1.807, 2.05) is 36.4 Å². The standard InChI is InChI=1S/C19H20O2/c1-3-7-16(8-4-1)14-20-18-11-12-19(13-18)21-15-17-9-5-2-6-10-17/h1-12,18-19H,13-15H2/t18-,19+. The largest absolute Gasteiger partial charge is 0.369 e. The monoisotopic (exact) mass is 280 g/mol. The summed E-state index contributed by atoms with van der Waals surface area (Å²) in [6, 6.07) is 20.5. The quantitative estimate of drug-likeness (QED) is 0.741. The predicted molar refractivity (Wildman–Crippen MR) is 83.8 cm³/mol. The van der Waals surface area contributed by atoms with Crippen molar-refractivity contribution in [2.75, 3.05) is 0 Å². The van der Waals surface area contributed by atoms with Gasteiger partial charge in [0.25, 0.3) is 0 Å². The number of hydrogen-bond acceptors (Lipinski definition) is 2. The Bertz CT molecular complexity index is 511. The molecule has 0 fully saturated rings. The van der Waals surface area contributed by atoms with E-state index < -0.39 is 0 Å². The van der Waals surface area contributed by atoms with Crippen LogP contribution in [0.2, 0.25) is 0 Å². The van der Waals surface area contributed by atoms with Crippen molar-refractivity contribution >= 4 is 0 Å². The molecule has 0 aliphatic heterocycles. The zero-order valence-electron chi connectivity index (χ0n) is 12.0. The first-order valence-corrected chi connectivity index (χ1v) is 7.39. The molecule has 0 spiro atoms. The van der Waals surface area contributed by atoms with E-state index in [-0.39, 0.29) is 12.2 Å². The molecule has 0 saturated carbocycles. The van der Waals surface area contributed by atoms with Crippen LogP contribution in [0, 0.1) is 0 Å². The van der Waals surface area contributed by atoms with Crippen molar-refractivity contribution in [2.24, 2.45) is 0 Å². The predicted octanol–water partition coefficient (Wildman–Crippen LogP) is 4.12. The fourth-order valence-corrected chi connectivity index (χ4v) is 2.44. The fourth-order valence-electron chi connectivity index (χ4n) is 2.44. The highest BCUT2D eigenvalue weighted by Gasteiger charge is 2.19. The summed E-state index contributed by atoms with van der Waals surface area (Å²) < 4.78 is 11.8. The van der Waals surface area contributed by atoms with Crippen LogP contribution in [0.3, 0.4) is 0 Å². The van der Waals surface area contributed by atoms with Gasteiger partial charge in [0.05, 0.1) is 25.4 Å². The van der Waals surface area contributed by atoms with Crippen molar-refractivity contribution in [3.8, 4) is 0 Å². The maximum Gasteiger partial charge on any atom is 0.0789 e. The smallest absolute Gasteiger partial charge is 0.0789 e. The minimum Gasteiger partial charge on any atom is -0.369 e. The molecule has 108 valence electrons. The van der Waals surface area contributed by atoms with Crippen LogP contribution in [0.4, 0.5) is 0 Å². The third-order valence-corrected chi connectivity index (χ3v) is 3.62. The lowest BCUT2D eigenvalue weighted by Crippen LogP contribution is -2.14. The van der Waals surface area contributed by atoms with E-state index in [0.29, 0.717) is 13.2 Å². The van der Waals surface area contributed by atoms with Crippen LogP contribution in [0.1, 0.15) is 17.5 Å². The molecule has 0 amide bonds. The summed E-state index contributed by atoms with van der Waals surface area (Å²) in [6.07, 6.45) is 5.44. The van der Waals surface area contributed by atoms with Gasteiger partial charge in [-0.15, -0.1) is 0 Å². The Balaban J connectivity index is 1.41. The van der Waals surface area contributed by atoms with Crippen LogP contribution in [-0.2, 0) is 22.7 Å². The van der Waals surface area contributed by atoms with Gasteiger partial charge in [-0.3, -0.25) is 0 Å². The Morgan fingerprint density at radius 1 is 0.667 bits per heavy atom. The van der Waals surface area contributed by atoms with Gasteiger partial charge in [-0.25, -0.2) is 0 Å². The van der Waals surface area contributed by atoms with Crippen molar-refractivity contribution in [2.45, 2.75) is 31.8 Å². The van der Waals surface area contributed by atoms with Crippen molar-refractivity contribution in [1.29, 1.82) is 0 Å². The maximum absolute atomic E-state index is 5.90. The minimum absolute atomic E-state index is 0.158. The summed E-state index contributed by atoms with van der Waals surface area (Å²) in [5.74, 6) is 0. The molecule has 0 bridgehead atoms. The van der Waals surface area contributed by atoms with E-state index in [9.17, 15) is 0 Å². The first-order valence-electron chi connectivity index (χ1n) is 7.39. The van der Waals surface area contributed by atoms with Gasteiger partial charge in [0.15, 0.2) is 0 Å². The molecule has 0 unspecified atom stereocenters. The molecule has 0 saturated heterocycles. The molecule has 21 heavy (non-hydrogen) atoms. The summed E-state index contributed by atoms with van der Waals surface area (Å²) in [5.41, 5.74) is 2.42. The highest BCUT2D eigenvalue weighted by Crippen LogP contribution is 2.19. The topological polar surface area (TPSA) is 18.5 Å². The highest BCUT2D eigenvalue weighted by atomic mass is 16.5. The van der Waals surface area contributed by atoms with Gasteiger partial charge in [0.2, 0.25) is 0 Å². The Hall–Kier alpha value is -1.90. The summed E-state index contributed by atoms with van der Waals surface area (Å²) >= 11 is 0. The van der Waals surface area contributed by atoms with Crippen LogP contribution < -0.4 is 0 Å². The van der Waals surface area contributed by atoms with Gasteiger partial charge in [-0.2, -0.15) is 0 Å². The van der Waals surface area contributed by atoms with Crippen LogP contribution in [0.25, 0.3) is 0 Å². The molecule has 2 aromatic carbocycles. The van der Waals surface area contributed by atoms with Crippen molar-refractivity contribution in [3.63, 3.8) is 0 Å². The molecule has 0 radical (unpaired) electrons. The summed E-state index contributed by atoms with van der Waals surface area (Å²) in [4.78, 5) is 0. The van der Waals surface area contributed by atoms with E-state index in [2.05, 4.69) is 36.4 Å². The first kappa shape index (κ1) is 14.1. The second-order valence-electron chi connectivity index (χ2n) is 5.29. The molecule has 0 heterocycles. The molecule has 1 aliphatic rings. The first-order chi connectivity index (χ1) is 10.4. The molecular formula is C19H20O2. The Labute approximate surface area is 126 Å². The van der Waals surface area contributed by atoms with Crippen LogP contribution >= 0.6 is 0 Å². The van der Waals surface area contributed by atoms with Crippen LogP contribution in [-0.4, -0.2) is 12.2 Å². The third kappa shape index (κ3) is 4.28. The molecule has 2 heteroatoms. The molecule has 0 aromatic heterocycles. The van der Waals surface area contributed by atoms with Crippen LogP contribution in [0.5, 0.6) is 0 Å². The number of ether oxygens (including phenoxy) is 2. The fraction of sp³-hybridized carbons (Fsp3) is 0.263. The second-order valence-corrected chi connectivity index (χ2v) is 5.29. The van der Waals surface area contributed by atoms with E-state index in [0.717, 1.165) is 6.42 Å². The summed E-state index contributed by atoms with van der Waals surface area (Å²) in [6.45, 7) is 1.31. The lowest BCUT2D eigenvalue weighted by molar-refractivity contribution is 0.0199. The van der Waals surface area contributed by atoms with Gasteiger partial charge < -0.3 is 9.47 Å². The van der Waals surface area contributed by atoms with E-state index in [4.69, 9.17) is 9.47 Å². The second kappa shape index (κ2) is 7.21. The normalized spacial score (nSPS) is 20.8. The number of benzene rings is 2. The average molecular weight is 280 g/mol. The summed E-state index contributed by atoms with van der Waals surface area (Å²) in [7, 11) is 0. The number of hydrogen-bond donors (Lipinski definition) is 0. The van der Waals surface area contributed by atoms with E-state index >= 15 is 0 Å². The molecule has 0 N–H and O–H groups in total.